The number of hydrogen-bond acceptors (Lipinski definition) is 5. The zero-order valence-corrected chi connectivity index (χ0v) is 14.9. The van der Waals surface area contributed by atoms with Crippen LogP contribution in [0.4, 0.5) is 4.79 Å². The summed E-state index contributed by atoms with van der Waals surface area (Å²) in [6.07, 6.45) is 3.73. The number of carbonyl (C=O) groups excluding carboxylic acids is 4. The highest BCUT2D eigenvalue weighted by Gasteiger charge is 2.48. The molecule has 1 aliphatic carbocycles. The average Bonchev–Trinajstić information content (AvgIpc) is 2.86. The van der Waals surface area contributed by atoms with E-state index in [4.69, 9.17) is 0 Å². The smallest absolute Gasteiger partial charge is 0.337 e. The number of urea groups is 1. The first-order valence-corrected chi connectivity index (χ1v) is 8.80. The van der Waals surface area contributed by atoms with Gasteiger partial charge in [-0.15, -0.1) is 0 Å². The maximum absolute atomic E-state index is 12.7. The predicted molar refractivity (Wildman–Crippen MR) is 92.0 cm³/mol. The van der Waals surface area contributed by atoms with Crippen molar-refractivity contribution in [3.05, 3.63) is 35.4 Å². The summed E-state index contributed by atoms with van der Waals surface area (Å²) < 4.78 is 4.64. The van der Waals surface area contributed by atoms with Gasteiger partial charge in [0.2, 0.25) is 0 Å². The molecule has 0 radical (unpaired) electrons. The van der Waals surface area contributed by atoms with Crippen LogP contribution in [-0.2, 0) is 20.9 Å². The van der Waals surface area contributed by atoms with Crippen LogP contribution in [0.25, 0.3) is 0 Å². The Hall–Kier alpha value is -2.70. The number of ether oxygens (including phenoxy) is 1. The minimum Gasteiger partial charge on any atom is -0.465 e. The predicted octanol–water partition coefficient (Wildman–Crippen LogP) is 2.34. The van der Waals surface area contributed by atoms with Crippen molar-refractivity contribution >= 4 is 23.8 Å². The number of carbonyl (C=O) groups is 4. The molecule has 0 spiro atoms. The quantitative estimate of drug-likeness (QED) is 0.469. The normalized spacial score (nSPS) is 23.5. The number of hydrogen-bond donors (Lipinski definition) is 0. The summed E-state index contributed by atoms with van der Waals surface area (Å²) >= 11 is 0. The van der Waals surface area contributed by atoms with Crippen molar-refractivity contribution in [3.8, 4) is 0 Å². The summed E-state index contributed by atoms with van der Waals surface area (Å²) in [4.78, 5) is 51.1. The third-order valence-corrected chi connectivity index (χ3v) is 5.20. The summed E-state index contributed by atoms with van der Waals surface area (Å²) in [6.45, 7) is 2.02. The minimum atomic E-state index is -0.787. The molecule has 2 fully saturated rings. The minimum absolute atomic E-state index is 0.00244. The van der Waals surface area contributed by atoms with Crippen molar-refractivity contribution < 1.29 is 23.9 Å². The second kappa shape index (κ2) is 7.27. The highest BCUT2D eigenvalue weighted by molar-refractivity contribution is 6.44. The van der Waals surface area contributed by atoms with Crippen molar-refractivity contribution in [2.45, 2.75) is 45.2 Å². The van der Waals surface area contributed by atoms with Crippen LogP contribution in [0.15, 0.2) is 24.3 Å². The Bertz CT molecular complexity index is 743. The van der Waals surface area contributed by atoms with Gasteiger partial charge in [-0.1, -0.05) is 31.9 Å². The summed E-state index contributed by atoms with van der Waals surface area (Å²) in [5, 5.41) is 0. The van der Waals surface area contributed by atoms with Crippen molar-refractivity contribution in [2.75, 3.05) is 7.11 Å². The van der Waals surface area contributed by atoms with Gasteiger partial charge in [0.1, 0.15) is 0 Å². The van der Waals surface area contributed by atoms with E-state index in [9.17, 15) is 19.2 Å². The number of benzene rings is 1. The molecule has 1 saturated heterocycles. The van der Waals surface area contributed by atoms with Crippen molar-refractivity contribution in [3.63, 3.8) is 0 Å². The SMILES string of the molecule is COC(=O)c1ccc(CN2C(=O)C(=O)N([C@@H]3CCCC[C@H]3C)C2=O)cc1. The lowest BCUT2D eigenvalue weighted by Crippen LogP contribution is -2.46. The van der Waals surface area contributed by atoms with Gasteiger partial charge >= 0.3 is 23.8 Å². The lowest BCUT2D eigenvalue weighted by atomic mass is 9.85. The molecule has 1 aromatic rings. The van der Waals surface area contributed by atoms with Crippen LogP contribution in [0, 0.1) is 5.92 Å². The third kappa shape index (κ3) is 3.21. The Balaban J connectivity index is 1.76. The molecule has 3 rings (SSSR count). The fourth-order valence-electron chi connectivity index (χ4n) is 3.68. The topological polar surface area (TPSA) is 84.0 Å². The van der Waals surface area contributed by atoms with Gasteiger partial charge in [0.25, 0.3) is 0 Å². The maximum atomic E-state index is 12.7. The summed E-state index contributed by atoms with van der Waals surface area (Å²) in [7, 11) is 1.30. The van der Waals surface area contributed by atoms with E-state index in [0.29, 0.717) is 11.1 Å². The van der Waals surface area contributed by atoms with E-state index in [-0.39, 0.29) is 18.5 Å². The monoisotopic (exact) mass is 358 g/mol. The van der Waals surface area contributed by atoms with Crippen LogP contribution in [0.3, 0.4) is 0 Å². The van der Waals surface area contributed by atoms with Gasteiger partial charge in [0, 0.05) is 6.04 Å². The summed E-state index contributed by atoms with van der Waals surface area (Å²) in [5.74, 6) is -1.79. The number of amides is 4. The maximum Gasteiger partial charge on any atom is 0.337 e. The fraction of sp³-hybridized carbons (Fsp3) is 0.474. The molecule has 0 N–H and O–H groups in total. The van der Waals surface area contributed by atoms with Crippen LogP contribution >= 0.6 is 0 Å². The fourth-order valence-corrected chi connectivity index (χ4v) is 3.68. The van der Waals surface area contributed by atoms with E-state index in [2.05, 4.69) is 4.74 Å². The number of methoxy groups -OCH3 is 1. The lowest BCUT2D eigenvalue weighted by molar-refractivity contribution is -0.144. The Morgan fingerprint density at radius 3 is 2.35 bits per heavy atom. The molecule has 1 aromatic carbocycles. The molecule has 0 bridgehead atoms. The molecule has 0 unspecified atom stereocenters. The highest BCUT2D eigenvalue weighted by atomic mass is 16.5. The van der Waals surface area contributed by atoms with E-state index < -0.39 is 23.8 Å². The van der Waals surface area contributed by atoms with E-state index in [1.54, 1.807) is 24.3 Å². The molecule has 2 aliphatic rings. The van der Waals surface area contributed by atoms with Crippen LogP contribution in [0.2, 0.25) is 0 Å². The van der Waals surface area contributed by atoms with Gasteiger partial charge in [0.15, 0.2) is 0 Å². The van der Waals surface area contributed by atoms with E-state index in [1.807, 2.05) is 6.92 Å². The second-order valence-electron chi connectivity index (χ2n) is 6.87. The van der Waals surface area contributed by atoms with Gasteiger partial charge in [-0.3, -0.25) is 19.4 Å². The van der Waals surface area contributed by atoms with E-state index in [1.165, 1.54) is 7.11 Å². The molecule has 26 heavy (non-hydrogen) atoms. The molecule has 0 aromatic heterocycles. The Morgan fingerprint density at radius 1 is 1.08 bits per heavy atom. The van der Waals surface area contributed by atoms with Crippen molar-refractivity contribution in [1.82, 2.24) is 9.80 Å². The third-order valence-electron chi connectivity index (χ3n) is 5.20. The Morgan fingerprint density at radius 2 is 1.73 bits per heavy atom. The second-order valence-corrected chi connectivity index (χ2v) is 6.87. The average molecular weight is 358 g/mol. The first-order valence-electron chi connectivity index (χ1n) is 8.80. The van der Waals surface area contributed by atoms with Gasteiger partial charge in [-0.2, -0.15) is 0 Å². The zero-order valence-electron chi connectivity index (χ0n) is 14.9. The molecule has 7 nitrogen and oxygen atoms in total. The molecule has 2 atom stereocenters. The van der Waals surface area contributed by atoms with Gasteiger partial charge in [-0.05, 0) is 36.5 Å². The zero-order chi connectivity index (χ0) is 18.8. The highest BCUT2D eigenvalue weighted by Crippen LogP contribution is 2.31. The number of esters is 1. The van der Waals surface area contributed by atoms with Crippen LogP contribution in [0.1, 0.15) is 48.5 Å². The van der Waals surface area contributed by atoms with Gasteiger partial charge in [0.05, 0.1) is 19.2 Å². The molecule has 1 aliphatic heterocycles. The van der Waals surface area contributed by atoms with Gasteiger partial charge in [-0.25, -0.2) is 9.59 Å². The first-order chi connectivity index (χ1) is 12.4. The van der Waals surface area contributed by atoms with Crippen LogP contribution < -0.4 is 0 Å². The summed E-state index contributed by atoms with van der Waals surface area (Å²) in [6, 6.07) is 5.66. The molecule has 1 heterocycles. The van der Waals surface area contributed by atoms with E-state index >= 15 is 0 Å². The Kier molecular flexibility index (Phi) is 5.06. The van der Waals surface area contributed by atoms with Crippen molar-refractivity contribution in [2.24, 2.45) is 5.92 Å². The largest absolute Gasteiger partial charge is 0.465 e. The number of nitrogens with zero attached hydrogens (tertiary/aromatic N) is 2. The van der Waals surface area contributed by atoms with Gasteiger partial charge < -0.3 is 4.74 Å². The number of rotatable bonds is 4. The number of imide groups is 2. The van der Waals surface area contributed by atoms with Crippen LogP contribution in [0.5, 0.6) is 0 Å². The van der Waals surface area contributed by atoms with Crippen molar-refractivity contribution in [1.29, 1.82) is 0 Å². The lowest BCUT2D eigenvalue weighted by Gasteiger charge is -2.34. The van der Waals surface area contributed by atoms with Crippen LogP contribution in [-0.4, -0.2) is 46.8 Å². The molecular weight excluding hydrogens is 336 g/mol. The summed E-state index contributed by atoms with van der Waals surface area (Å²) in [5.41, 5.74) is 1.04. The molecule has 1 saturated carbocycles. The molecule has 4 amide bonds. The Labute approximate surface area is 151 Å². The first kappa shape index (κ1) is 18.1. The van der Waals surface area contributed by atoms with E-state index in [0.717, 1.165) is 35.5 Å². The molecular formula is C19H22N2O5. The molecule has 138 valence electrons. The standard InChI is InChI=1S/C19H22N2O5/c1-12-5-3-4-6-15(12)21-17(23)16(22)20(19(21)25)11-13-7-9-14(10-8-13)18(24)26-2/h7-10,12,15H,3-6,11H2,1-2H3/t12-,15-/m1/s1. The molecule has 7 heteroatoms.